The molecule has 2 amide bonds. The van der Waals surface area contributed by atoms with Gasteiger partial charge >= 0.3 is 0 Å². The maximum Gasteiger partial charge on any atom is 0.282 e. The molecule has 0 bridgehead atoms. The van der Waals surface area contributed by atoms with Crippen LogP contribution >= 0.6 is 0 Å². The van der Waals surface area contributed by atoms with Crippen LogP contribution in [0, 0.1) is 10.1 Å². The molecule has 0 radical (unpaired) electrons. The fraction of sp³-hybridized carbons (Fsp3) is 0.176. The monoisotopic (exact) mass is 325 g/mol. The van der Waals surface area contributed by atoms with E-state index in [-0.39, 0.29) is 17.2 Å². The molecule has 1 N–H and O–H groups in total. The summed E-state index contributed by atoms with van der Waals surface area (Å²) >= 11 is 0. The number of rotatable bonds is 4. The van der Waals surface area contributed by atoms with E-state index in [2.05, 4.69) is 5.32 Å². The molecule has 1 fully saturated rings. The minimum atomic E-state index is -0.589. The molecule has 3 rings (SSSR count). The van der Waals surface area contributed by atoms with Gasteiger partial charge in [0.1, 0.15) is 5.56 Å². The molecule has 0 atom stereocenters. The van der Waals surface area contributed by atoms with Crippen molar-refractivity contribution in [3.8, 4) is 0 Å². The van der Waals surface area contributed by atoms with E-state index in [1.54, 1.807) is 35.2 Å². The van der Waals surface area contributed by atoms with Gasteiger partial charge in [0.15, 0.2) is 0 Å². The van der Waals surface area contributed by atoms with Crippen LogP contribution in [0.3, 0.4) is 0 Å². The molecular weight excluding hydrogens is 310 g/mol. The summed E-state index contributed by atoms with van der Waals surface area (Å²) in [7, 11) is 0. The molecule has 7 heteroatoms. The lowest BCUT2D eigenvalue weighted by Crippen LogP contribution is -2.23. The van der Waals surface area contributed by atoms with Crippen molar-refractivity contribution in [2.75, 3.05) is 16.8 Å². The highest BCUT2D eigenvalue weighted by Crippen LogP contribution is 2.25. The predicted molar refractivity (Wildman–Crippen MR) is 89.1 cm³/mol. The summed E-state index contributed by atoms with van der Waals surface area (Å²) in [4.78, 5) is 36.3. The van der Waals surface area contributed by atoms with Gasteiger partial charge in [-0.25, -0.2) is 0 Å². The van der Waals surface area contributed by atoms with E-state index in [9.17, 15) is 19.7 Å². The SMILES string of the molecule is O=C(Nc1cccc(N2CCCC2=O)c1)c1ccccc1[N+](=O)[O-]. The van der Waals surface area contributed by atoms with Crippen LogP contribution in [0.25, 0.3) is 0 Å². The number of nitrogens with zero attached hydrogens (tertiary/aromatic N) is 2. The molecule has 2 aromatic rings. The molecule has 0 unspecified atom stereocenters. The van der Waals surface area contributed by atoms with E-state index < -0.39 is 10.8 Å². The maximum absolute atomic E-state index is 12.3. The van der Waals surface area contributed by atoms with E-state index in [4.69, 9.17) is 0 Å². The van der Waals surface area contributed by atoms with Crippen molar-refractivity contribution in [1.82, 2.24) is 0 Å². The number of benzene rings is 2. The zero-order chi connectivity index (χ0) is 17.1. The van der Waals surface area contributed by atoms with Crippen LogP contribution in [0.1, 0.15) is 23.2 Å². The first-order valence-corrected chi connectivity index (χ1v) is 7.51. The van der Waals surface area contributed by atoms with Crippen molar-refractivity contribution in [2.24, 2.45) is 0 Å². The van der Waals surface area contributed by atoms with Crippen LogP contribution in [0.5, 0.6) is 0 Å². The highest BCUT2D eigenvalue weighted by Gasteiger charge is 2.22. The quantitative estimate of drug-likeness (QED) is 0.691. The summed E-state index contributed by atoms with van der Waals surface area (Å²) in [5, 5.41) is 13.7. The predicted octanol–water partition coefficient (Wildman–Crippen LogP) is 2.97. The molecule has 1 aliphatic heterocycles. The lowest BCUT2D eigenvalue weighted by atomic mass is 10.1. The number of carbonyl (C=O) groups is 2. The second kappa shape index (κ2) is 6.49. The van der Waals surface area contributed by atoms with Crippen molar-refractivity contribution >= 4 is 28.9 Å². The molecule has 1 heterocycles. The second-order valence-corrected chi connectivity index (χ2v) is 5.43. The van der Waals surface area contributed by atoms with Crippen LogP contribution in [0.4, 0.5) is 17.1 Å². The first-order valence-electron chi connectivity index (χ1n) is 7.51. The molecule has 0 saturated carbocycles. The molecule has 0 aliphatic carbocycles. The average molecular weight is 325 g/mol. The number of nitro groups is 1. The third kappa shape index (κ3) is 3.10. The third-order valence-corrected chi connectivity index (χ3v) is 3.83. The molecule has 24 heavy (non-hydrogen) atoms. The number of nitro benzene ring substituents is 1. The zero-order valence-electron chi connectivity index (χ0n) is 12.8. The number of nitrogens with one attached hydrogen (secondary N) is 1. The summed E-state index contributed by atoms with van der Waals surface area (Å²) in [6.45, 7) is 0.653. The van der Waals surface area contributed by atoms with Crippen molar-refractivity contribution in [1.29, 1.82) is 0 Å². The molecule has 1 saturated heterocycles. The molecular formula is C17H15N3O4. The Morgan fingerprint density at radius 2 is 1.96 bits per heavy atom. The molecule has 122 valence electrons. The number of hydrogen-bond donors (Lipinski definition) is 1. The van der Waals surface area contributed by atoms with Gasteiger partial charge in [-0.15, -0.1) is 0 Å². The van der Waals surface area contributed by atoms with E-state index >= 15 is 0 Å². The smallest absolute Gasteiger partial charge is 0.282 e. The lowest BCUT2D eigenvalue weighted by Gasteiger charge is -2.16. The zero-order valence-corrected chi connectivity index (χ0v) is 12.8. The summed E-state index contributed by atoms with van der Waals surface area (Å²) in [5.74, 6) is -0.510. The van der Waals surface area contributed by atoms with Crippen LogP contribution in [0.15, 0.2) is 48.5 Å². The minimum Gasteiger partial charge on any atom is -0.322 e. The van der Waals surface area contributed by atoms with Crippen LogP contribution in [-0.2, 0) is 4.79 Å². The first kappa shape index (κ1) is 15.7. The Labute approximate surface area is 138 Å². The highest BCUT2D eigenvalue weighted by atomic mass is 16.6. The fourth-order valence-corrected chi connectivity index (χ4v) is 2.70. The summed E-state index contributed by atoms with van der Waals surface area (Å²) in [6.07, 6.45) is 1.33. The summed E-state index contributed by atoms with van der Waals surface area (Å²) in [6, 6.07) is 12.7. The van der Waals surface area contributed by atoms with E-state index in [1.165, 1.54) is 18.2 Å². The van der Waals surface area contributed by atoms with Gasteiger partial charge in [0.05, 0.1) is 4.92 Å². The van der Waals surface area contributed by atoms with Gasteiger partial charge in [0, 0.05) is 30.4 Å². The Kier molecular flexibility index (Phi) is 4.24. The van der Waals surface area contributed by atoms with Gasteiger partial charge in [-0.1, -0.05) is 18.2 Å². The summed E-state index contributed by atoms with van der Waals surface area (Å²) < 4.78 is 0. The Morgan fingerprint density at radius 3 is 2.67 bits per heavy atom. The van der Waals surface area contributed by atoms with E-state index in [0.717, 1.165) is 6.42 Å². The van der Waals surface area contributed by atoms with E-state index in [1.807, 2.05) is 0 Å². The van der Waals surface area contributed by atoms with Gasteiger partial charge in [-0.3, -0.25) is 19.7 Å². The molecule has 1 aliphatic rings. The highest BCUT2D eigenvalue weighted by molar-refractivity contribution is 6.07. The normalized spacial score (nSPS) is 13.8. The largest absolute Gasteiger partial charge is 0.322 e. The van der Waals surface area contributed by atoms with Crippen molar-refractivity contribution in [3.05, 3.63) is 64.2 Å². The van der Waals surface area contributed by atoms with Crippen molar-refractivity contribution < 1.29 is 14.5 Å². The third-order valence-electron chi connectivity index (χ3n) is 3.83. The Bertz CT molecular complexity index is 819. The van der Waals surface area contributed by atoms with Crippen LogP contribution in [0.2, 0.25) is 0 Å². The van der Waals surface area contributed by atoms with Gasteiger partial charge in [-0.05, 0) is 30.7 Å². The Morgan fingerprint density at radius 1 is 1.17 bits per heavy atom. The maximum atomic E-state index is 12.3. The number of carbonyl (C=O) groups excluding carboxylic acids is 2. The van der Waals surface area contributed by atoms with Crippen molar-refractivity contribution in [3.63, 3.8) is 0 Å². The summed E-state index contributed by atoms with van der Waals surface area (Å²) in [5.41, 5.74) is 0.930. The average Bonchev–Trinajstić information content (AvgIpc) is 3.01. The van der Waals surface area contributed by atoms with E-state index in [0.29, 0.717) is 24.3 Å². The van der Waals surface area contributed by atoms with Gasteiger partial charge in [-0.2, -0.15) is 0 Å². The molecule has 0 spiro atoms. The van der Waals surface area contributed by atoms with Crippen molar-refractivity contribution in [2.45, 2.75) is 12.8 Å². The lowest BCUT2D eigenvalue weighted by molar-refractivity contribution is -0.385. The topological polar surface area (TPSA) is 92.6 Å². The standard InChI is InChI=1S/C17H15N3O4/c21-16-9-4-10-19(16)13-6-3-5-12(11-13)18-17(22)14-7-1-2-8-15(14)20(23)24/h1-3,5-8,11H,4,9-10H2,(H,18,22). The number of amides is 2. The Hall–Kier alpha value is -3.22. The van der Waals surface area contributed by atoms with Crippen LogP contribution < -0.4 is 10.2 Å². The number of para-hydroxylation sites is 1. The number of hydrogen-bond acceptors (Lipinski definition) is 4. The first-order chi connectivity index (χ1) is 11.6. The second-order valence-electron chi connectivity index (χ2n) is 5.43. The molecule has 0 aromatic heterocycles. The fourth-order valence-electron chi connectivity index (χ4n) is 2.70. The van der Waals surface area contributed by atoms with Gasteiger partial charge < -0.3 is 10.2 Å². The van der Waals surface area contributed by atoms with Crippen LogP contribution in [-0.4, -0.2) is 23.3 Å². The number of anilines is 2. The minimum absolute atomic E-state index is 0.00912. The van der Waals surface area contributed by atoms with Gasteiger partial charge in [0.2, 0.25) is 5.91 Å². The Balaban J connectivity index is 1.83. The molecule has 7 nitrogen and oxygen atoms in total. The molecule has 2 aromatic carbocycles. The van der Waals surface area contributed by atoms with Gasteiger partial charge in [0.25, 0.3) is 11.6 Å².